The van der Waals surface area contributed by atoms with Crippen LogP contribution in [0.15, 0.2) is 54.6 Å². The second kappa shape index (κ2) is 10.4. The Balaban J connectivity index is 1.79. The molecule has 0 unspecified atom stereocenters. The zero-order chi connectivity index (χ0) is 23.1. The maximum Gasteiger partial charge on any atom is 0.411 e. The van der Waals surface area contributed by atoms with Crippen LogP contribution in [0.5, 0.6) is 0 Å². The van der Waals surface area contributed by atoms with Gasteiger partial charge in [-0.2, -0.15) is 5.26 Å². The summed E-state index contributed by atoms with van der Waals surface area (Å²) < 4.78 is 5.47. The van der Waals surface area contributed by atoms with E-state index in [4.69, 9.17) is 15.7 Å². The lowest BCUT2D eigenvalue weighted by Crippen LogP contribution is -2.57. The molecule has 8 nitrogen and oxygen atoms in total. The first-order chi connectivity index (χ1) is 15.4. The SMILES string of the molecule is C[C@@H](CC#N)[C@H](NC(=O)[C@@H]1Cc2ccccc2CN1C(=O)OCc1ccccc1)C(N)=O. The molecule has 0 spiro atoms. The number of amides is 3. The predicted molar refractivity (Wildman–Crippen MR) is 117 cm³/mol. The van der Waals surface area contributed by atoms with E-state index < -0.39 is 35.9 Å². The molecule has 8 heteroatoms. The third kappa shape index (κ3) is 5.43. The number of benzene rings is 2. The van der Waals surface area contributed by atoms with Crippen molar-refractivity contribution in [2.75, 3.05) is 0 Å². The molecule has 3 rings (SSSR count). The van der Waals surface area contributed by atoms with Crippen LogP contribution in [0, 0.1) is 17.2 Å². The van der Waals surface area contributed by atoms with Crippen LogP contribution in [0.1, 0.15) is 30.0 Å². The van der Waals surface area contributed by atoms with Gasteiger partial charge in [0.1, 0.15) is 18.7 Å². The van der Waals surface area contributed by atoms with Gasteiger partial charge in [0, 0.05) is 12.8 Å². The number of primary amides is 1. The lowest BCUT2D eigenvalue weighted by atomic mass is 9.92. The fourth-order valence-electron chi connectivity index (χ4n) is 3.76. The van der Waals surface area contributed by atoms with E-state index in [1.807, 2.05) is 60.7 Å². The largest absolute Gasteiger partial charge is 0.445 e. The first-order valence-corrected chi connectivity index (χ1v) is 10.4. The average Bonchev–Trinajstić information content (AvgIpc) is 2.80. The molecular weight excluding hydrogens is 408 g/mol. The van der Waals surface area contributed by atoms with E-state index in [-0.39, 0.29) is 26.0 Å². The van der Waals surface area contributed by atoms with E-state index in [1.165, 1.54) is 4.90 Å². The molecule has 32 heavy (non-hydrogen) atoms. The van der Waals surface area contributed by atoms with Gasteiger partial charge >= 0.3 is 6.09 Å². The molecule has 0 aliphatic carbocycles. The predicted octanol–water partition coefficient (Wildman–Crippen LogP) is 2.27. The second-order valence-electron chi connectivity index (χ2n) is 7.88. The number of carbonyl (C=O) groups excluding carboxylic acids is 3. The second-order valence-corrected chi connectivity index (χ2v) is 7.88. The quantitative estimate of drug-likeness (QED) is 0.691. The van der Waals surface area contributed by atoms with E-state index in [1.54, 1.807) is 6.92 Å². The van der Waals surface area contributed by atoms with Gasteiger partial charge < -0.3 is 15.8 Å². The summed E-state index contributed by atoms with van der Waals surface area (Å²) in [4.78, 5) is 39.4. The average molecular weight is 434 g/mol. The molecular formula is C24H26N4O4. The molecule has 3 atom stereocenters. The van der Waals surface area contributed by atoms with Gasteiger partial charge in [-0.25, -0.2) is 4.79 Å². The maximum atomic E-state index is 13.2. The number of rotatable bonds is 7. The highest BCUT2D eigenvalue weighted by atomic mass is 16.6. The minimum atomic E-state index is -1.01. The summed E-state index contributed by atoms with van der Waals surface area (Å²) >= 11 is 0. The normalized spacial score (nSPS) is 16.8. The Morgan fingerprint density at radius 3 is 2.47 bits per heavy atom. The van der Waals surface area contributed by atoms with Crippen molar-refractivity contribution in [1.82, 2.24) is 10.2 Å². The number of hydrogen-bond donors (Lipinski definition) is 2. The van der Waals surface area contributed by atoms with E-state index in [0.29, 0.717) is 0 Å². The van der Waals surface area contributed by atoms with Crippen molar-refractivity contribution in [3.63, 3.8) is 0 Å². The first kappa shape index (κ1) is 22.8. The van der Waals surface area contributed by atoms with Crippen LogP contribution in [0.25, 0.3) is 0 Å². The zero-order valence-corrected chi connectivity index (χ0v) is 17.9. The number of nitrogens with zero attached hydrogens (tertiary/aromatic N) is 2. The number of nitrogens with one attached hydrogen (secondary N) is 1. The Kier molecular flexibility index (Phi) is 7.45. The van der Waals surface area contributed by atoms with Crippen molar-refractivity contribution in [2.45, 2.75) is 45.0 Å². The molecule has 0 saturated carbocycles. The Hall–Kier alpha value is -3.86. The van der Waals surface area contributed by atoms with Crippen LogP contribution < -0.4 is 11.1 Å². The Morgan fingerprint density at radius 1 is 1.16 bits per heavy atom. The summed E-state index contributed by atoms with van der Waals surface area (Å²) in [6.45, 7) is 1.95. The molecule has 0 bridgehead atoms. The van der Waals surface area contributed by atoms with Crippen molar-refractivity contribution in [1.29, 1.82) is 5.26 Å². The number of carbonyl (C=O) groups is 3. The summed E-state index contributed by atoms with van der Waals surface area (Å²) in [7, 11) is 0. The lowest BCUT2D eigenvalue weighted by molar-refractivity contribution is -0.131. The third-order valence-electron chi connectivity index (χ3n) is 5.58. The monoisotopic (exact) mass is 434 g/mol. The van der Waals surface area contributed by atoms with Gasteiger partial charge in [-0.05, 0) is 22.6 Å². The topological polar surface area (TPSA) is 126 Å². The highest BCUT2D eigenvalue weighted by Crippen LogP contribution is 2.25. The smallest absolute Gasteiger partial charge is 0.411 e. The van der Waals surface area contributed by atoms with Crippen molar-refractivity contribution in [2.24, 2.45) is 11.7 Å². The van der Waals surface area contributed by atoms with Gasteiger partial charge in [-0.15, -0.1) is 0 Å². The Bertz CT molecular complexity index is 1020. The van der Waals surface area contributed by atoms with Gasteiger partial charge in [-0.1, -0.05) is 61.5 Å². The minimum Gasteiger partial charge on any atom is -0.445 e. The van der Waals surface area contributed by atoms with E-state index >= 15 is 0 Å². The van der Waals surface area contributed by atoms with Crippen LogP contribution >= 0.6 is 0 Å². The third-order valence-corrected chi connectivity index (χ3v) is 5.58. The first-order valence-electron chi connectivity index (χ1n) is 10.4. The van der Waals surface area contributed by atoms with Gasteiger partial charge in [0.15, 0.2) is 0 Å². The Morgan fingerprint density at radius 2 is 1.81 bits per heavy atom. The lowest BCUT2D eigenvalue weighted by Gasteiger charge is -2.36. The fraction of sp³-hybridized carbons (Fsp3) is 0.333. The summed E-state index contributed by atoms with van der Waals surface area (Å²) in [5, 5.41) is 11.6. The minimum absolute atomic E-state index is 0.0597. The van der Waals surface area contributed by atoms with Crippen molar-refractivity contribution in [3.8, 4) is 6.07 Å². The number of nitriles is 1. The maximum absolute atomic E-state index is 13.2. The summed E-state index contributed by atoms with van der Waals surface area (Å²) in [6.07, 6.45) is -0.283. The number of ether oxygens (including phenoxy) is 1. The fourth-order valence-corrected chi connectivity index (χ4v) is 3.76. The van der Waals surface area contributed by atoms with Crippen LogP contribution in [0.4, 0.5) is 4.79 Å². The van der Waals surface area contributed by atoms with Gasteiger partial charge in [-0.3, -0.25) is 14.5 Å². The molecule has 1 aliphatic rings. The van der Waals surface area contributed by atoms with Crippen LogP contribution in [-0.2, 0) is 33.9 Å². The molecule has 166 valence electrons. The number of hydrogen-bond acceptors (Lipinski definition) is 5. The molecule has 3 N–H and O–H groups in total. The van der Waals surface area contributed by atoms with E-state index in [9.17, 15) is 14.4 Å². The van der Waals surface area contributed by atoms with Crippen LogP contribution in [0.3, 0.4) is 0 Å². The highest BCUT2D eigenvalue weighted by molar-refractivity contribution is 5.91. The van der Waals surface area contributed by atoms with Crippen molar-refractivity contribution < 1.29 is 19.1 Å². The molecule has 2 aromatic rings. The number of nitrogens with two attached hydrogens (primary N) is 1. The van der Waals surface area contributed by atoms with Crippen molar-refractivity contribution in [3.05, 3.63) is 71.3 Å². The molecule has 3 amide bonds. The Labute approximate surface area is 187 Å². The van der Waals surface area contributed by atoms with Crippen molar-refractivity contribution >= 4 is 17.9 Å². The van der Waals surface area contributed by atoms with Gasteiger partial charge in [0.25, 0.3) is 0 Å². The highest BCUT2D eigenvalue weighted by Gasteiger charge is 2.37. The van der Waals surface area contributed by atoms with Gasteiger partial charge in [0.2, 0.25) is 11.8 Å². The van der Waals surface area contributed by atoms with E-state index in [0.717, 1.165) is 16.7 Å². The molecule has 0 radical (unpaired) electrons. The standard InChI is InChI=1S/C24H26N4O4/c1-16(11-12-25)21(22(26)29)27-23(30)20-13-18-9-5-6-10-19(18)14-28(20)24(31)32-15-17-7-3-2-4-8-17/h2-10,16,20-21H,11,13-15H2,1H3,(H2,26,29)(H,27,30)/t16-,20-,21-/m0/s1. The van der Waals surface area contributed by atoms with E-state index in [2.05, 4.69) is 5.32 Å². The number of fused-ring (bicyclic) bond motifs is 1. The zero-order valence-electron chi connectivity index (χ0n) is 17.9. The summed E-state index contributed by atoms with van der Waals surface area (Å²) in [5.41, 5.74) is 8.17. The molecule has 2 aromatic carbocycles. The summed E-state index contributed by atoms with van der Waals surface area (Å²) in [5.74, 6) is -1.70. The van der Waals surface area contributed by atoms with Crippen LogP contribution in [-0.4, -0.2) is 34.9 Å². The molecule has 0 aromatic heterocycles. The van der Waals surface area contributed by atoms with Crippen LogP contribution in [0.2, 0.25) is 0 Å². The molecule has 1 aliphatic heterocycles. The van der Waals surface area contributed by atoms with Gasteiger partial charge in [0.05, 0.1) is 12.6 Å². The molecule has 1 heterocycles. The molecule has 0 fully saturated rings. The summed E-state index contributed by atoms with van der Waals surface area (Å²) in [6, 6.07) is 16.9. The molecule has 0 saturated heterocycles.